The molecule has 1 N–H and O–H groups in total. The van der Waals surface area contributed by atoms with E-state index in [0.717, 1.165) is 4.80 Å². The number of nitrogens with one attached hydrogen (secondary N) is 1. The molecule has 0 aliphatic rings. The van der Waals surface area contributed by atoms with Gasteiger partial charge in [-0.25, -0.2) is 4.39 Å². The zero-order valence-corrected chi connectivity index (χ0v) is 12.5. The summed E-state index contributed by atoms with van der Waals surface area (Å²) in [6.07, 6.45) is 0. The van der Waals surface area contributed by atoms with E-state index in [1.54, 1.807) is 42.5 Å². The first-order chi connectivity index (χ1) is 11.1. The first-order valence-electron chi connectivity index (χ1n) is 6.70. The number of hydrogen-bond acceptors (Lipinski definition) is 4. The van der Waals surface area contributed by atoms with Crippen LogP contribution in [0.3, 0.4) is 0 Å². The topological polar surface area (TPSA) is 72.7 Å². The predicted octanol–water partition coefficient (Wildman–Crippen LogP) is 2.77. The van der Waals surface area contributed by atoms with Gasteiger partial charge < -0.3 is 5.32 Å². The molecule has 0 spiro atoms. The number of carbonyl (C=O) groups is 1. The molecule has 1 aromatic heterocycles. The fourth-order valence-electron chi connectivity index (χ4n) is 1.92. The van der Waals surface area contributed by atoms with Crippen LogP contribution in [-0.2, 0) is 11.3 Å². The normalized spacial score (nSPS) is 10.5. The van der Waals surface area contributed by atoms with Gasteiger partial charge in [0.05, 0.1) is 5.56 Å². The van der Waals surface area contributed by atoms with E-state index >= 15 is 0 Å². The molecule has 0 aliphatic carbocycles. The number of hydrogen-bond donors (Lipinski definition) is 1. The number of anilines is 1. The Balaban J connectivity index is 1.68. The lowest BCUT2D eigenvalue weighted by Crippen LogP contribution is -2.20. The highest BCUT2D eigenvalue weighted by molar-refractivity contribution is 6.30. The Morgan fingerprint density at radius 3 is 2.65 bits per heavy atom. The second-order valence-electron chi connectivity index (χ2n) is 4.68. The Kier molecular flexibility index (Phi) is 4.29. The number of benzene rings is 2. The predicted molar refractivity (Wildman–Crippen MR) is 83.3 cm³/mol. The van der Waals surface area contributed by atoms with E-state index in [1.165, 1.54) is 6.07 Å². The van der Waals surface area contributed by atoms with Crippen molar-refractivity contribution in [2.45, 2.75) is 6.54 Å². The Morgan fingerprint density at radius 2 is 1.91 bits per heavy atom. The lowest BCUT2D eigenvalue weighted by atomic mass is 10.2. The number of aromatic nitrogens is 4. The fourth-order valence-corrected chi connectivity index (χ4v) is 2.05. The van der Waals surface area contributed by atoms with Gasteiger partial charge >= 0.3 is 0 Å². The zero-order valence-electron chi connectivity index (χ0n) is 11.8. The van der Waals surface area contributed by atoms with Crippen molar-refractivity contribution in [1.29, 1.82) is 0 Å². The van der Waals surface area contributed by atoms with Gasteiger partial charge in [-0.05, 0) is 41.6 Å². The van der Waals surface area contributed by atoms with Gasteiger partial charge in [0.15, 0.2) is 0 Å². The molecule has 0 fully saturated rings. The average molecular weight is 332 g/mol. The van der Waals surface area contributed by atoms with Gasteiger partial charge in [-0.2, -0.15) is 4.80 Å². The van der Waals surface area contributed by atoms with Crippen molar-refractivity contribution in [3.8, 4) is 11.4 Å². The van der Waals surface area contributed by atoms with Gasteiger partial charge in [-0.15, -0.1) is 10.2 Å². The summed E-state index contributed by atoms with van der Waals surface area (Å²) in [5, 5.41) is 14.8. The number of nitrogens with zero attached hydrogens (tertiary/aromatic N) is 4. The summed E-state index contributed by atoms with van der Waals surface area (Å²) < 4.78 is 13.7. The minimum Gasteiger partial charge on any atom is -0.324 e. The van der Waals surface area contributed by atoms with Crippen LogP contribution >= 0.6 is 11.6 Å². The molecule has 1 heterocycles. The van der Waals surface area contributed by atoms with Crippen LogP contribution < -0.4 is 5.32 Å². The lowest BCUT2D eigenvalue weighted by Gasteiger charge is -2.04. The molecule has 0 aliphatic heterocycles. The van der Waals surface area contributed by atoms with Crippen LogP contribution in [0, 0.1) is 5.82 Å². The maximum absolute atomic E-state index is 13.7. The highest BCUT2D eigenvalue weighted by Crippen LogP contribution is 2.17. The summed E-state index contributed by atoms with van der Waals surface area (Å²) in [4.78, 5) is 13.0. The summed E-state index contributed by atoms with van der Waals surface area (Å²) in [6.45, 7) is -0.135. The van der Waals surface area contributed by atoms with Crippen LogP contribution in [0.1, 0.15) is 0 Å². The zero-order chi connectivity index (χ0) is 16.2. The van der Waals surface area contributed by atoms with Gasteiger partial charge in [0.1, 0.15) is 12.4 Å². The van der Waals surface area contributed by atoms with Crippen molar-refractivity contribution in [1.82, 2.24) is 20.2 Å². The van der Waals surface area contributed by atoms with Crippen molar-refractivity contribution < 1.29 is 9.18 Å². The van der Waals surface area contributed by atoms with Crippen molar-refractivity contribution in [3.63, 3.8) is 0 Å². The number of tetrazole rings is 1. The van der Waals surface area contributed by atoms with Crippen molar-refractivity contribution in [3.05, 3.63) is 59.4 Å². The third-order valence-corrected chi connectivity index (χ3v) is 3.23. The molecule has 0 radical (unpaired) electrons. The molecule has 6 nitrogen and oxygen atoms in total. The lowest BCUT2D eigenvalue weighted by molar-refractivity contribution is -0.117. The van der Waals surface area contributed by atoms with E-state index in [2.05, 4.69) is 20.7 Å². The monoisotopic (exact) mass is 331 g/mol. The summed E-state index contributed by atoms with van der Waals surface area (Å²) in [5.74, 6) is -0.648. The van der Waals surface area contributed by atoms with Crippen molar-refractivity contribution in [2.75, 3.05) is 5.32 Å². The van der Waals surface area contributed by atoms with Crippen LogP contribution in [0.4, 0.5) is 10.1 Å². The van der Waals surface area contributed by atoms with E-state index in [4.69, 9.17) is 11.6 Å². The largest absolute Gasteiger partial charge is 0.324 e. The van der Waals surface area contributed by atoms with Gasteiger partial charge in [0, 0.05) is 10.7 Å². The SMILES string of the molecule is O=C(Cn1nnc(-c2ccccc2F)n1)Nc1ccc(Cl)cc1. The summed E-state index contributed by atoms with van der Waals surface area (Å²) in [6, 6.07) is 12.8. The maximum Gasteiger partial charge on any atom is 0.248 e. The highest BCUT2D eigenvalue weighted by atomic mass is 35.5. The maximum atomic E-state index is 13.7. The van der Waals surface area contributed by atoms with Gasteiger partial charge in [0.25, 0.3) is 0 Å². The first kappa shape index (κ1) is 15.1. The Labute approximate surface area is 135 Å². The average Bonchev–Trinajstić information content (AvgIpc) is 2.98. The van der Waals surface area contributed by atoms with Gasteiger partial charge in [-0.1, -0.05) is 23.7 Å². The molecule has 0 unspecified atom stereocenters. The quantitative estimate of drug-likeness (QED) is 0.798. The van der Waals surface area contributed by atoms with Crippen LogP contribution in [0.2, 0.25) is 5.02 Å². The molecule has 2 aromatic carbocycles. The second kappa shape index (κ2) is 6.53. The van der Waals surface area contributed by atoms with E-state index in [9.17, 15) is 9.18 Å². The molecular formula is C15H11ClFN5O. The van der Waals surface area contributed by atoms with Gasteiger partial charge in [0.2, 0.25) is 11.7 Å². The van der Waals surface area contributed by atoms with Crippen molar-refractivity contribution >= 4 is 23.2 Å². The highest BCUT2D eigenvalue weighted by Gasteiger charge is 2.12. The van der Waals surface area contributed by atoms with E-state index < -0.39 is 5.82 Å². The van der Waals surface area contributed by atoms with Crippen molar-refractivity contribution in [2.24, 2.45) is 0 Å². The summed E-state index contributed by atoms with van der Waals surface area (Å²) >= 11 is 5.78. The number of carbonyl (C=O) groups excluding carboxylic acids is 1. The Morgan fingerprint density at radius 1 is 1.17 bits per heavy atom. The third-order valence-electron chi connectivity index (χ3n) is 2.98. The molecule has 116 valence electrons. The second-order valence-corrected chi connectivity index (χ2v) is 5.11. The Hall–Kier alpha value is -2.80. The van der Waals surface area contributed by atoms with Crippen LogP contribution in [-0.4, -0.2) is 26.1 Å². The minimum atomic E-state index is -0.447. The van der Waals surface area contributed by atoms with E-state index in [-0.39, 0.29) is 23.8 Å². The summed E-state index contributed by atoms with van der Waals surface area (Å²) in [5.41, 5.74) is 0.839. The van der Waals surface area contributed by atoms with Crippen LogP contribution in [0.5, 0.6) is 0 Å². The molecule has 8 heteroatoms. The third kappa shape index (κ3) is 3.70. The molecule has 0 atom stereocenters. The van der Waals surface area contributed by atoms with E-state index in [1.807, 2.05) is 0 Å². The molecule has 1 amide bonds. The molecule has 3 aromatic rings. The van der Waals surface area contributed by atoms with Crippen LogP contribution in [0.15, 0.2) is 48.5 Å². The smallest absolute Gasteiger partial charge is 0.248 e. The van der Waals surface area contributed by atoms with Crippen LogP contribution in [0.25, 0.3) is 11.4 Å². The molecule has 23 heavy (non-hydrogen) atoms. The molecule has 3 rings (SSSR count). The number of amides is 1. The fraction of sp³-hybridized carbons (Fsp3) is 0.0667. The number of rotatable bonds is 4. The van der Waals surface area contributed by atoms with E-state index in [0.29, 0.717) is 10.7 Å². The molecule has 0 bridgehead atoms. The standard InChI is InChI=1S/C15H11ClFN5O/c16-10-5-7-11(8-6-10)18-14(23)9-22-20-15(19-21-22)12-3-1-2-4-13(12)17/h1-8H,9H2,(H,18,23). The number of halogens is 2. The Bertz CT molecular complexity index is 834. The molecule has 0 saturated heterocycles. The molecule has 0 saturated carbocycles. The molecular weight excluding hydrogens is 321 g/mol. The summed E-state index contributed by atoms with van der Waals surface area (Å²) in [7, 11) is 0. The van der Waals surface area contributed by atoms with Gasteiger partial charge in [-0.3, -0.25) is 4.79 Å². The minimum absolute atomic E-state index is 0.127. The first-order valence-corrected chi connectivity index (χ1v) is 7.08.